The zero-order chi connectivity index (χ0) is 34.3. The zero-order valence-corrected chi connectivity index (χ0v) is 28.5. The van der Waals surface area contributed by atoms with Crippen molar-refractivity contribution >= 4 is 23.7 Å². The highest BCUT2D eigenvalue weighted by atomic mass is 16.6. The molecule has 3 amide bonds. The average molecular weight is 652 g/mol. The summed E-state index contributed by atoms with van der Waals surface area (Å²) in [6.07, 6.45) is 6.95. The summed E-state index contributed by atoms with van der Waals surface area (Å²) >= 11 is 0. The Bertz CT molecular complexity index is 1280. The van der Waals surface area contributed by atoms with E-state index < -0.39 is 53.7 Å². The lowest BCUT2D eigenvalue weighted by Gasteiger charge is -2.39. The predicted octanol–water partition coefficient (Wildman–Crippen LogP) is 4.43. The maximum absolute atomic E-state index is 14.5. The molecule has 3 aliphatic heterocycles. The molecule has 3 fully saturated rings. The van der Waals surface area contributed by atoms with Crippen LogP contribution in [0, 0.1) is 11.8 Å². The van der Waals surface area contributed by atoms with Gasteiger partial charge in [-0.2, -0.15) is 0 Å². The Morgan fingerprint density at radius 2 is 1.89 bits per heavy atom. The molecule has 1 spiro atoms. The molecular weight excluding hydrogens is 598 g/mol. The second kappa shape index (κ2) is 16.1. The lowest BCUT2D eigenvalue weighted by atomic mass is 9.70. The quantitative estimate of drug-likeness (QED) is 0.142. The van der Waals surface area contributed by atoms with E-state index in [-0.39, 0.29) is 30.7 Å². The minimum atomic E-state index is -1.21. The second-order valence-corrected chi connectivity index (χ2v) is 13.2. The summed E-state index contributed by atoms with van der Waals surface area (Å²) in [4.78, 5) is 61.0. The van der Waals surface area contributed by atoms with Gasteiger partial charge in [-0.15, -0.1) is 13.2 Å². The molecule has 3 heterocycles. The zero-order valence-electron chi connectivity index (χ0n) is 28.5. The largest absolute Gasteiger partial charge is 0.455 e. The van der Waals surface area contributed by atoms with Gasteiger partial charge in [0.1, 0.15) is 17.7 Å². The molecule has 1 aromatic carbocycles. The van der Waals surface area contributed by atoms with Crippen LogP contribution in [-0.2, 0) is 28.7 Å². The van der Waals surface area contributed by atoms with Crippen LogP contribution in [0.4, 0.5) is 0 Å². The predicted molar refractivity (Wildman–Crippen MR) is 179 cm³/mol. The van der Waals surface area contributed by atoms with E-state index >= 15 is 0 Å². The molecule has 10 nitrogen and oxygen atoms in total. The van der Waals surface area contributed by atoms with E-state index in [1.54, 1.807) is 29.0 Å². The molecule has 0 radical (unpaired) electrons. The number of fused-ring (bicyclic) bond motifs is 1. The van der Waals surface area contributed by atoms with Crippen molar-refractivity contribution in [2.45, 2.75) is 108 Å². The third kappa shape index (κ3) is 7.04. The molecule has 10 heteroatoms. The van der Waals surface area contributed by atoms with E-state index in [4.69, 9.17) is 9.47 Å². The number of rotatable bonds is 18. The van der Waals surface area contributed by atoms with Crippen molar-refractivity contribution in [2.24, 2.45) is 11.8 Å². The highest BCUT2D eigenvalue weighted by Crippen LogP contribution is 2.59. The summed E-state index contributed by atoms with van der Waals surface area (Å²) in [5.74, 6) is -3.14. The van der Waals surface area contributed by atoms with Crippen LogP contribution in [0.2, 0.25) is 0 Å². The van der Waals surface area contributed by atoms with Gasteiger partial charge >= 0.3 is 5.97 Å². The van der Waals surface area contributed by atoms with Gasteiger partial charge in [-0.1, -0.05) is 69.2 Å². The maximum atomic E-state index is 14.5. The Morgan fingerprint density at radius 3 is 2.51 bits per heavy atom. The number of benzene rings is 1. The summed E-state index contributed by atoms with van der Waals surface area (Å²) in [5.41, 5.74) is -0.484. The second-order valence-electron chi connectivity index (χ2n) is 13.2. The number of likely N-dealkylation sites (N-methyl/N-ethyl adjacent to an activating group) is 1. The van der Waals surface area contributed by atoms with Crippen molar-refractivity contribution in [1.82, 2.24) is 14.7 Å². The van der Waals surface area contributed by atoms with Crippen molar-refractivity contribution in [3.05, 3.63) is 61.2 Å². The molecule has 0 aliphatic carbocycles. The number of unbranched alkanes of at least 4 members (excludes halogenated alkanes) is 2. The topological polar surface area (TPSA) is 117 Å². The molecule has 0 unspecified atom stereocenters. The SMILES string of the molecule is C=CCCC(=O)N(C)[C@@H](C)[C@@H](OC(=O)[C@@H]1[C@@H]2CC[C@]3(O2)[C@H](C(=O)N(CC=C)CCCCC)N([C@@H](CC)CO)C(=O)[C@@H]13)c1ccccc1. The van der Waals surface area contributed by atoms with Gasteiger partial charge in [-0.3, -0.25) is 19.2 Å². The molecule has 3 aliphatic rings. The Kier molecular flexibility index (Phi) is 12.4. The van der Waals surface area contributed by atoms with E-state index in [0.717, 1.165) is 24.8 Å². The first-order valence-corrected chi connectivity index (χ1v) is 17.2. The Hall–Kier alpha value is -3.50. The molecule has 1 N–H and O–H groups in total. The number of hydrogen-bond donors (Lipinski definition) is 1. The lowest BCUT2D eigenvalue weighted by Crippen LogP contribution is -2.58. The lowest BCUT2D eigenvalue weighted by molar-refractivity contribution is -0.165. The van der Waals surface area contributed by atoms with Crippen LogP contribution < -0.4 is 0 Å². The summed E-state index contributed by atoms with van der Waals surface area (Å²) in [7, 11) is 1.69. The highest BCUT2D eigenvalue weighted by molar-refractivity contribution is 5.98. The number of likely N-dealkylation sites (tertiary alicyclic amines) is 1. The molecule has 1 aromatic rings. The van der Waals surface area contributed by atoms with Gasteiger partial charge in [0.05, 0.1) is 36.6 Å². The normalized spacial score (nSPS) is 26.3. The van der Waals surface area contributed by atoms with Crippen LogP contribution in [0.15, 0.2) is 55.6 Å². The monoisotopic (exact) mass is 651 g/mol. The van der Waals surface area contributed by atoms with Gasteiger partial charge in [0.2, 0.25) is 17.7 Å². The fraction of sp³-hybridized carbons (Fsp3) is 0.622. The van der Waals surface area contributed by atoms with Gasteiger partial charge in [0.15, 0.2) is 0 Å². The first-order valence-electron chi connectivity index (χ1n) is 17.2. The number of esters is 1. The molecule has 8 atom stereocenters. The molecular formula is C37H53N3O7. The first kappa shape index (κ1) is 36.3. The molecule has 2 bridgehead atoms. The molecule has 3 saturated heterocycles. The Balaban J connectivity index is 1.69. The van der Waals surface area contributed by atoms with Gasteiger partial charge in [-0.05, 0) is 44.6 Å². The molecule has 4 rings (SSSR count). The van der Waals surface area contributed by atoms with Gasteiger partial charge in [0.25, 0.3) is 0 Å². The van der Waals surface area contributed by atoms with E-state index in [2.05, 4.69) is 20.1 Å². The van der Waals surface area contributed by atoms with Gasteiger partial charge < -0.3 is 29.3 Å². The van der Waals surface area contributed by atoms with Crippen LogP contribution in [0.5, 0.6) is 0 Å². The molecule has 47 heavy (non-hydrogen) atoms. The number of aliphatic hydroxyl groups is 1. The number of hydrogen-bond acceptors (Lipinski definition) is 7. The van der Waals surface area contributed by atoms with Crippen molar-refractivity contribution in [3.8, 4) is 0 Å². The average Bonchev–Trinajstić information content (AvgIpc) is 3.73. The van der Waals surface area contributed by atoms with Crippen LogP contribution >= 0.6 is 0 Å². The highest BCUT2D eigenvalue weighted by Gasteiger charge is 2.75. The van der Waals surface area contributed by atoms with Crippen LogP contribution in [0.1, 0.15) is 83.8 Å². The maximum Gasteiger partial charge on any atom is 0.313 e. The van der Waals surface area contributed by atoms with E-state index in [1.165, 1.54) is 4.90 Å². The summed E-state index contributed by atoms with van der Waals surface area (Å²) in [6, 6.07) is 7.18. The minimum Gasteiger partial charge on any atom is -0.455 e. The third-order valence-corrected chi connectivity index (χ3v) is 10.4. The van der Waals surface area contributed by atoms with Gasteiger partial charge in [0, 0.05) is 26.6 Å². The van der Waals surface area contributed by atoms with E-state index in [0.29, 0.717) is 38.8 Å². The van der Waals surface area contributed by atoms with Crippen LogP contribution in [-0.4, -0.2) is 100 Å². The molecule has 0 aromatic heterocycles. The molecule has 0 saturated carbocycles. The smallest absolute Gasteiger partial charge is 0.313 e. The fourth-order valence-electron chi connectivity index (χ4n) is 7.74. The van der Waals surface area contributed by atoms with Crippen molar-refractivity contribution in [1.29, 1.82) is 0 Å². The third-order valence-electron chi connectivity index (χ3n) is 10.4. The van der Waals surface area contributed by atoms with Crippen molar-refractivity contribution < 1.29 is 33.8 Å². The number of carbonyl (C=O) groups excluding carboxylic acids is 4. The fourth-order valence-corrected chi connectivity index (χ4v) is 7.74. The summed E-state index contributed by atoms with van der Waals surface area (Å²) in [5, 5.41) is 10.4. The number of ether oxygens (including phenoxy) is 2. The first-order chi connectivity index (χ1) is 22.6. The standard InChI is InChI=1S/C37H53N3O7/c1-7-11-16-23-39(22-9-3)35(44)33-37-21-20-28(47-37)30(31(37)34(43)40(33)27(10-4)24-41)36(45)46-32(26-17-14-13-15-18-26)25(5)38(6)29(42)19-12-8-2/h8-9,13-15,17-18,25,27-28,30-33,41H,2-3,7,10-12,16,19-24H2,1,4-6H3/t25-,27-,28-,30+,31+,32+,33-,37+/m0/s1. The Morgan fingerprint density at radius 1 is 1.17 bits per heavy atom. The molecule has 258 valence electrons. The van der Waals surface area contributed by atoms with Crippen LogP contribution in [0.3, 0.4) is 0 Å². The Labute approximate surface area is 279 Å². The van der Waals surface area contributed by atoms with Gasteiger partial charge in [-0.25, -0.2) is 0 Å². The number of carbonyl (C=O) groups is 4. The van der Waals surface area contributed by atoms with Crippen LogP contribution in [0.25, 0.3) is 0 Å². The number of nitrogens with zero attached hydrogens (tertiary/aromatic N) is 3. The minimum absolute atomic E-state index is 0.0998. The van der Waals surface area contributed by atoms with E-state index in [1.807, 2.05) is 44.2 Å². The van der Waals surface area contributed by atoms with E-state index in [9.17, 15) is 24.3 Å². The van der Waals surface area contributed by atoms with Crippen molar-refractivity contribution in [3.63, 3.8) is 0 Å². The van der Waals surface area contributed by atoms with Crippen molar-refractivity contribution in [2.75, 3.05) is 26.7 Å². The number of amides is 3. The number of allylic oxidation sites excluding steroid dienone is 1. The summed E-state index contributed by atoms with van der Waals surface area (Å²) in [6.45, 7) is 13.9. The summed E-state index contributed by atoms with van der Waals surface area (Å²) < 4.78 is 12.9. The number of aliphatic hydroxyl groups excluding tert-OH is 1.